The zero-order valence-electron chi connectivity index (χ0n) is 16.9. The molecule has 0 amide bonds. The molecule has 0 aliphatic heterocycles. The summed E-state index contributed by atoms with van der Waals surface area (Å²) in [4.78, 5) is 19.3. The van der Waals surface area contributed by atoms with Crippen molar-refractivity contribution in [2.75, 3.05) is 13.2 Å². The minimum Gasteiger partial charge on any atom is -0.494 e. The maximum absolute atomic E-state index is 10.6. The van der Waals surface area contributed by atoms with Gasteiger partial charge in [-0.3, -0.25) is 4.79 Å². The molecule has 0 saturated heterocycles. The lowest BCUT2D eigenvalue weighted by Crippen LogP contribution is -2.21. The van der Waals surface area contributed by atoms with Gasteiger partial charge in [-0.2, -0.15) is 13.2 Å². The van der Waals surface area contributed by atoms with Crippen molar-refractivity contribution in [2.24, 2.45) is 5.92 Å². The van der Waals surface area contributed by atoms with Crippen LogP contribution < -0.4 is 10.1 Å². The number of carboxylic acids is 2. The number of ether oxygens (including phenoxy) is 1. The topological polar surface area (TPSA) is 95.9 Å². The second-order valence-corrected chi connectivity index (χ2v) is 7.26. The molecule has 1 saturated carbocycles. The molecular weight excluding hydrogens is 403 g/mol. The molecule has 0 heterocycles. The van der Waals surface area contributed by atoms with Crippen LogP contribution in [-0.4, -0.2) is 41.5 Å². The molecule has 1 aliphatic rings. The van der Waals surface area contributed by atoms with E-state index in [0.29, 0.717) is 13.1 Å². The number of nitrogens with one attached hydrogen (secondary N) is 1. The first-order valence-electron chi connectivity index (χ1n) is 10.1. The van der Waals surface area contributed by atoms with E-state index < -0.39 is 18.1 Å². The highest BCUT2D eigenvalue weighted by Gasteiger charge is 2.38. The molecule has 3 N–H and O–H groups in total. The molecule has 1 aromatic rings. The molecule has 0 atom stereocenters. The first kappa shape index (κ1) is 25.7. The second kappa shape index (κ2) is 13.8. The summed E-state index contributed by atoms with van der Waals surface area (Å²) in [5.74, 6) is -1.68. The van der Waals surface area contributed by atoms with Gasteiger partial charge in [0.15, 0.2) is 0 Å². The van der Waals surface area contributed by atoms with Crippen molar-refractivity contribution in [1.29, 1.82) is 0 Å². The summed E-state index contributed by atoms with van der Waals surface area (Å²) >= 11 is 0. The molecule has 0 spiro atoms. The Bertz CT molecular complexity index is 629. The third-order valence-corrected chi connectivity index (χ3v) is 4.76. The Morgan fingerprint density at radius 1 is 1.07 bits per heavy atom. The van der Waals surface area contributed by atoms with Gasteiger partial charge in [-0.15, -0.1) is 0 Å². The number of hydrogen-bond acceptors (Lipinski definition) is 4. The summed E-state index contributed by atoms with van der Waals surface area (Å²) in [6.07, 6.45) is 4.57. The summed E-state index contributed by atoms with van der Waals surface area (Å²) in [6, 6.07) is 8.05. The van der Waals surface area contributed by atoms with Crippen molar-refractivity contribution in [2.45, 2.75) is 64.1 Å². The van der Waals surface area contributed by atoms with Crippen LogP contribution in [0.3, 0.4) is 0 Å². The van der Waals surface area contributed by atoms with Gasteiger partial charge in [0.2, 0.25) is 0 Å². The fourth-order valence-corrected chi connectivity index (χ4v) is 3.17. The van der Waals surface area contributed by atoms with Crippen LogP contribution in [0.1, 0.15) is 56.9 Å². The Morgan fingerprint density at radius 2 is 1.67 bits per heavy atom. The Balaban J connectivity index is 0.000000553. The summed E-state index contributed by atoms with van der Waals surface area (Å²) in [7, 11) is 0. The van der Waals surface area contributed by atoms with Gasteiger partial charge in [-0.05, 0) is 36.5 Å². The normalized spacial score (nSPS) is 14.5. The minimum absolute atomic E-state index is 0.155. The average molecular weight is 433 g/mol. The predicted octanol–water partition coefficient (Wildman–Crippen LogP) is 4.62. The van der Waals surface area contributed by atoms with E-state index in [-0.39, 0.29) is 6.42 Å². The number of benzene rings is 1. The van der Waals surface area contributed by atoms with E-state index >= 15 is 0 Å². The largest absolute Gasteiger partial charge is 0.494 e. The standard InChI is InChI=1S/C19H29NO3.C2HF3O2/c21-19(22)12-13-20-15-17-8-10-18(11-9-17)23-14-4-7-16-5-2-1-3-6-16;3-2(4,5)1(6)7/h8-11,16,20H,1-7,12-15H2,(H,21,22);(H,6,7). The number of hydrogen-bond donors (Lipinski definition) is 3. The third-order valence-electron chi connectivity index (χ3n) is 4.76. The van der Waals surface area contributed by atoms with Crippen molar-refractivity contribution in [3.05, 3.63) is 29.8 Å². The molecule has 0 aromatic heterocycles. The van der Waals surface area contributed by atoms with Crippen LogP contribution in [-0.2, 0) is 16.1 Å². The van der Waals surface area contributed by atoms with E-state index in [0.717, 1.165) is 30.3 Å². The average Bonchev–Trinajstić information content (AvgIpc) is 2.70. The highest BCUT2D eigenvalue weighted by Crippen LogP contribution is 2.27. The van der Waals surface area contributed by atoms with Crippen molar-refractivity contribution in [3.8, 4) is 5.75 Å². The molecule has 6 nitrogen and oxygen atoms in total. The summed E-state index contributed by atoms with van der Waals surface area (Å²) in [5.41, 5.74) is 1.14. The molecule has 0 unspecified atom stereocenters. The number of aliphatic carboxylic acids is 2. The van der Waals surface area contributed by atoms with E-state index in [1.54, 1.807) is 0 Å². The van der Waals surface area contributed by atoms with E-state index in [2.05, 4.69) is 5.32 Å². The molecular formula is C21H30F3NO5. The fourth-order valence-electron chi connectivity index (χ4n) is 3.17. The second-order valence-electron chi connectivity index (χ2n) is 7.26. The number of carbonyl (C=O) groups is 2. The van der Waals surface area contributed by atoms with Crippen molar-refractivity contribution < 1.29 is 37.7 Å². The lowest BCUT2D eigenvalue weighted by molar-refractivity contribution is -0.192. The molecule has 30 heavy (non-hydrogen) atoms. The van der Waals surface area contributed by atoms with E-state index in [4.69, 9.17) is 19.7 Å². The predicted molar refractivity (Wildman–Crippen MR) is 105 cm³/mol. The summed E-state index contributed by atoms with van der Waals surface area (Å²) in [6.45, 7) is 1.98. The highest BCUT2D eigenvalue weighted by atomic mass is 19.4. The molecule has 170 valence electrons. The molecule has 1 aromatic carbocycles. The van der Waals surface area contributed by atoms with Crippen molar-refractivity contribution in [1.82, 2.24) is 5.32 Å². The van der Waals surface area contributed by atoms with Gasteiger partial charge in [0.25, 0.3) is 0 Å². The summed E-state index contributed by atoms with van der Waals surface area (Å²) in [5, 5.41) is 18.8. The van der Waals surface area contributed by atoms with Gasteiger partial charge in [-0.25, -0.2) is 4.79 Å². The van der Waals surface area contributed by atoms with Crippen LogP contribution in [0.25, 0.3) is 0 Å². The molecule has 1 aliphatic carbocycles. The molecule has 1 fully saturated rings. The number of halogens is 3. The monoisotopic (exact) mass is 433 g/mol. The quantitative estimate of drug-likeness (QED) is 0.466. The van der Waals surface area contributed by atoms with E-state index in [9.17, 15) is 18.0 Å². The zero-order valence-corrected chi connectivity index (χ0v) is 16.9. The lowest BCUT2D eigenvalue weighted by atomic mass is 9.86. The van der Waals surface area contributed by atoms with Gasteiger partial charge in [-0.1, -0.05) is 44.2 Å². The van der Waals surface area contributed by atoms with Crippen LogP contribution in [0, 0.1) is 5.92 Å². The van der Waals surface area contributed by atoms with Crippen LogP contribution in [0.4, 0.5) is 13.2 Å². The van der Waals surface area contributed by atoms with Crippen molar-refractivity contribution in [3.63, 3.8) is 0 Å². The minimum atomic E-state index is -5.08. The van der Waals surface area contributed by atoms with E-state index in [1.165, 1.54) is 38.5 Å². The van der Waals surface area contributed by atoms with Gasteiger partial charge < -0.3 is 20.3 Å². The summed E-state index contributed by atoms with van der Waals surface area (Å²) < 4.78 is 37.5. The third kappa shape index (κ3) is 12.3. The smallest absolute Gasteiger partial charge is 0.490 e. The SMILES string of the molecule is O=C(O)C(F)(F)F.O=C(O)CCNCc1ccc(OCCCC2CCCCC2)cc1. The number of alkyl halides is 3. The van der Waals surface area contributed by atoms with Crippen molar-refractivity contribution >= 4 is 11.9 Å². The van der Waals surface area contributed by atoms with Crippen LogP contribution >= 0.6 is 0 Å². The van der Waals surface area contributed by atoms with Gasteiger partial charge in [0.1, 0.15) is 5.75 Å². The van der Waals surface area contributed by atoms with Crippen LogP contribution in [0.2, 0.25) is 0 Å². The molecule has 0 bridgehead atoms. The van der Waals surface area contributed by atoms with Gasteiger partial charge in [0.05, 0.1) is 13.0 Å². The molecule has 0 radical (unpaired) electrons. The van der Waals surface area contributed by atoms with Crippen LogP contribution in [0.15, 0.2) is 24.3 Å². The van der Waals surface area contributed by atoms with Gasteiger partial charge in [0, 0.05) is 13.1 Å². The first-order valence-corrected chi connectivity index (χ1v) is 10.1. The maximum atomic E-state index is 10.6. The molecule has 9 heteroatoms. The highest BCUT2D eigenvalue weighted by molar-refractivity contribution is 5.73. The zero-order chi connectivity index (χ0) is 22.4. The first-order chi connectivity index (χ1) is 14.2. The Kier molecular flexibility index (Phi) is 11.9. The molecule has 2 rings (SSSR count). The van der Waals surface area contributed by atoms with Gasteiger partial charge >= 0.3 is 18.1 Å². The fraction of sp³-hybridized carbons (Fsp3) is 0.619. The lowest BCUT2D eigenvalue weighted by Gasteiger charge is -2.21. The van der Waals surface area contributed by atoms with E-state index in [1.807, 2.05) is 24.3 Å². The van der Waals surface area contributed by atoms with Crippen LogP contribution in [0.5, 0.6) is 5.75 Å². The Morgan fingerprint density at radius 3 is 2.20 bits per heavy atom. The maximum Gasteiger partial charge on any atom is 0.490 e. The number of rotatable bonds is 10. The number of carboxylic acid groups (broad SMARTS) is 2. The Hall–Kier alpha value is -2.29. The Labute approximate surface area is 174 Å².